The smallest absolute Gasteiger partial charge is 0.255 e. The first kappa shape index (κ1) is 13.9. The highest BCUT2D eigenvalue weighted by molar-refractivity contribution is 5.99. The summed E-state index contributed by atoms with van der Waals surface area (Å²) < 4.78 is 0. The van der Waals surface area contributed by atoms with Crippen molar-refractivity contribution in [3.8, 4) is 0 Å². The molecule has 1 N–H and O–H groups in total. The molecular formula is C16H24N2O. The summed E-state index contributed by atoms with van der Waals surface area (Å²) in [5, 5.41) is 3.36. The van der Waals surface area contributed by atoms with Gasteiger partial charge in [-0.15, -0.1) is 0 Å². The SMILES string of the molecule is CCCNc1cc(C)ccc1C(=O)N(C)CC1CC1. The first-order chi connectivity index (χ1) is 9.11. The molecule has 0 spiro atoms. The van der Waals surface area contributed by atoms with Crippen molar-refractivity contribution in [1.29, 1.82) is 0 Å². The zero-order valence-electron chi connectivity index (χ0n) is 12.2. The molecular weight excluding hydrogens is 236 g/mol. The predicted molar refractivity (Wildman–Crippen MR) is 79.6 cm³/mol. The van der Waals surface area contributed by atoms with E-state index in [-0.39, 0.29) is 5.91 Å². The number of hydrogen-bond acceptors (Lipinski definition) is 2. The second-order valence-corrected chi connectivity index (χ2v) is 5.60. The molecule has 0 bridgehead atoms. The monoisotopic (exact) mass is 260 g/mol. The molecule has 1 saturated carbocycles. The molecule has 3 heteroatoms. The van der Waals surface area contributed by atoms with Gasteiger partial charge in [-0.3, -0.25) is 4.79 Å². The van der Waals surface area contributed by atoms with Gasteiger partial charge in [0.2, 0.25) is 0 Å². The van der Waals surface area contributed by atoms with Crippen LogP contribution in [0.3, 0.4) is 0 Å². The Morgan fingerprint density at radius 3 is 2.79 bits per heavy atom. The average molecular weight is 260 g/mol. The summed E-state index contributed by atoms with van der Waals surface area (Å²) in [6.45, 7) is 5.97. The highest BCUT2D eigenvalue weighted by Gasteiger charge is 2.26. The quantitative estimate of drug-likeness (QED) is 0.851. The van der Waals surface area contributed by atoms with Gasteiger partial charge in [-0.05, 0) is 49.8 Å². The summed E-state index contributed by atoms with van der Waals surface area (Å²) in [5.74, 6) is 0.858. The molecule has 1 aliphatic carbocycles. The minimum Gasteiger partial charge on any atom is -0.384 e. The number of rotatable bonds is 6. The van der Waals surface area contributed by atoms with Gasteiger partial charge in [0, 0.05) is 25.8 Å². The summed E-state index contributed by atoms with van der Waals surface area (Å²) in [6, 6.07) is 6.02. The van der Waals surface area contributed by atoms with Crippen molar-refractivity contribution in [2.24, 2.45) is 5.92 Å². The van der Waals surface area contributed by atoms with Crippen LogP contribution in [0.1, 0.15) is 42.1 Å². The third-order valence-corrected chi connectivity index (χ3v) is 3.55. The molecule has 19 heavy (non-hydrogen) atoms. The van der Waals surface area contributed by atoms with Crippen LogP contribution in [-0.4, -0.2) is 30.9 Å². The van der Waals surface area contributed by atoms with E-state index in [2.05, 4.69) is 25.2 Å². The molecule has 2 rings (SSSR count). The number of benzene rings is 1. The van der Waals surface area contributed by atoms with Crippen molar-refractivity contribution in [3.63, 3.8) is 0 Å². The van der Waals surface area contributed by atoms with Gasteiger partial charge < -0.3 is 10.2 Å². The van der Waals surface area contributed by atoms with Crippen LogP contribution >= 0.6 is 0 Å². The standard InChI is InChI=1S/C16H24N2O/c1-4-9-17-15-10-12(2)5-8-14(15)16(19)18(3)11-13-6-7-13/h5,8,10,13,17H,4,6-7,9,11H2,1-3H3. The maximum Gasteiger partial charge on any atom is 0.255 e. The number of aryl methyl sites for hydroxylation is 1. The first-order valence-corrected chi connectivity index (χ1v) is 7.21. The van der Waals surface area contributed by atoms with Gasteiger partial charge in [0.15, 0.2) is 0 Å². The van der Waals surface area contributed by atoms with E-state index in [1.807, 2.05) is 24.1 Å². The van der Waals surface area contributed by atoms with Crippen LogP contribution in [0, 0.1) is 12.8 Å². The Labute approximate surface area is 116 Å². The molecule has 0 radical (unpaired) electrons. The Morgan fingerprint density at radius 1 is 1.42 bits per heavy atom. The van der Waals surface area contributed by atoms with Crippen molar-refractivity contribution < 1.29 is 4.79 Å². The molecule has 0 heterocycles. The van der Waals surface area contributed by atoms with Crippen molar-refractivity contribution in [2.75, 3.05) is 25.5 Å². The Hall–Kier alpha value is -1.51. The highest BCUT2D eigenvalue weighted by atomic mass is 16.2. The molecule has 1 aromatic carbocycles. The lowest BCUT2D eigenvalue weighted by atomic mass is 10.1. The van der Waals surface area contributed by atoms with Gasteiger partial charge in [-0.2, -0.15) is 0 Å². The summed E-state index contributed by atoms with van der Waals surface area (Å²) >= 11 is 0. The number of carbonyl (C=O) groups excluding carboxylic acids is 1. The maximum atomic E-state index is 12.5. The number of nitrogens with one attached hydrogen (secondary N) is 1. The zero-order chi connectivity index (χ0) is 13.8. The lowest BCUT2D eigenvalue weighted by molar-refractivity contribution is 0.0789. The number of amides is 1. The molecule has 1 aromatic rings. The third-order valence-electron chi connectivity index (χ3n) is 3.55. The molecule has 0 unspecified atom stereocenters. The van der Waals surface area contributed by atoms with E-state index in [1.54, 1.807) is 0 Å². The van der Waals surface area contributed by atoms with Crippen LogP contribution in [0.15, 0.2) is 18.2 Å². The Kier molecular flexibility index (Phi) is 4.46. The van der Waals surface area contributed by atoms with Crippen LogP contribution in [0.25, 0.3) is 0 Å². The van der Waals surface area contributed by atoms with Gasteiger partial charge in [0.05, 0.1) is 5.56 Å². The number of anilines is 1. The summed E-state index contributed by atoms with van der Waals surface area (Å²) in [4.78, 5) is 14.3. The lowest BCUT2D eigenvalue weighted by Crippen LogP contribution is -2.29. The predicted octanol–water partition coefficient (Wildman–Crippen LogP) is 3.30. The molecule has 0 aromatic heterocycles. The van der Waals surface area contributed by atoms with Gasteiger partial charge in [0.25, 0.3) is 5.91 Å². The molecule has 1 amide bonds. The fourth-order valence-electron chi connectivity index (χ4n) is 2.23. The molecule has 1 fully saturated rings. The van der Waals surface area contributed by atoms with Crippen molar-refractivity contribution in [1.82, 2.24) is 4.90 Å². The van der Waals surface area contributed by atoms with Crippen LogP contribution in [-0.2, 0) is 0 Å². The highest BCUT2D eigenvalue weighted by Crippen LogP contribution is 2.30. The van der Waals surface area contributed by atoms with E-state index in [0.29, 0.717) is 0 Å². The van der Waals surface area contributed by atoms with E-state index >= 15 is 0 Å². The van der Waals surface area contributed by atoms with Crippen LogP contribution in [0.2, 0.25) is 0 Å². The fraction of sp³-hybridized carbons (Fsp3) is 0.562. The van der Waals surface area contributed by atoms with Crippen LogP contribution < -0.4 is 5.32 Å². The normalized spacial score (nSPS) is 14.3. The third kappa shape index (κ3) is 3.72. The van der Waals surface area contributed by atoms with Gasteiger partial charge >= 0.3 is 0 Å². The van der Waals surface area contributed by atoms with Gasteiger partial charge in [-0.1, -0.05) is 13.0 Å². The van der Waals surface area contributed by atoms with E-state index in [0.717, 1.165) is 36.7 Å². The van der Waals surface area contributed by atoms with Crippen LogP contribution in [0.5, 0.6) is 0 Å². The summed E-state index contributed by atoms with van der Waals surface area (Å²) in [7, 11) is 1.91. The zero-order valence-corrected chi connectivity index (χ0v) is 12.2. The van der Waals surface area contributed by atoms with Gasteiger partial charge in [0.1, 0.15) is 0 Å². The molecule has 0 atom stereocenters. The van der Waals surface area contributed by atoms with E-state index in [1.165, 1.54) is 18.4 Å². The van der Waals surface area contributed by atoms with Crippen molar-refractivity contribution >= 4 is 11.6 Å². The minimum atomic E-state index is 0.130. The molecule has 1 aliphatic rings. The molecule has 0 aliphatic heterocycles. The molecule has 104 valence electrons. The Morgan fingerprint density at radius 2 is 2.16 bits per heavy atom. The molecule has 3 nitrogen and oxygen atoms in total. The minimum absolute atomic E-state index is 0.130. The number of carbonyl (C=O) groups is 1. The van der Waals surface area contributed by atoms with E-state index in [9.17, 15) is 4.79 Å². The molecule has 0 saturated heterocycles. The van der Waals surface area contributed by atoms with Gasteiger partial charge in [-0.25, -0.2) is 0 Å². The number of nitrogens with zero attached hydrogens (tertiary/aromatic N) is 1. The average Bonchev–Trinajstić information content (AvgIpc) is 3.19. The maximum absolute atomic E-state index is 12.5. The van der Waals surface area contributed by atoms with Crippen LogP contribution in [0.4, 0.5) is 5.69 Å². The number of hydrogen-bond donors (Lipinski definition) is 1. The van der Waals surface area contributed by atoms with E-state index < -0.39 is 0 Å². The Bertz CT molecular complexity index is 452. The topological polar surface area (TPSA) is 32.3 Å². The largest absolute Gasteiger partial charge is 0.384 e. The van der Waals surface area contributed by atoms with Crippen molar-refractivity contribution in [2.45, 2.75) is 33.1 Å². The second kappa shape index (κ2) is 6.09. The lowest BCUT2D eigenvalue weighted by Gasteiger charge is -2.19. The van der Waals surface area contributed by atoms with E-state index in [4.69, 9.17) is 0 Å². The summed E-state index contributed by atoms with van der Waals surface area (Å²) in [5.41, 5.74) is 2.94. The first-order valence-electron chi connectivity index (χ1n) is 7.21. The fourth-order valence-corrected chi connectivity index (χ4v) is 2.23. The summed E-state index contributed by atoms with van der Waals surface area (Å²) in [6.07, 6.45) is 3.60. The Balaban J connectivity index is 2.13. The van der Waals surface area contributed by atoms with Crippen molar-refractivity contribution in [3.05, 3.63) is 29.3 Å². The second-order valence-electron chi connectivity index (χ2n) is 5.60.